The van der Waals surface area contributed by atoms with Crippen LogP contribution in [0.1, 0.15) is 16.8 Å². The molecule has 0 atom stereocenters. The van der Waals surface area contributed by atoms with Gasteiger partial charge in [-0.2, -0.15) is 0 Å². The monoisotopic (exact) mass is 261 g/mol. The van der Waals surface area contributed by atoms with Crippen molar-refractivity contribution in [1.82, 2.24) is 4.98 Å². The lowest BCUT2D eigenvalue weighted by molar-refractivity contribution is -0.112. The van der Waals surface area contributed by atoms with Crippen molar-refractivity contribution in [2.75, 3.05) is 0 Å². The van der Waals surface area contributed by atoms with Gasteiger partial charge in [-0.3, -0.25) is 4.79 Å². The molecule has 94 valence electrons. The molecule has 0 aromatic carbocycles. The Hall–Kier alpha value is -1.77. The third-order valence-corrected chi connectivity index (χ3v) is 2.92. The summed E-state index contributed by atoms with van der Waals surface area (Å²) >= 11 is 0.922. The van der Waals surface area contributed by atoms with E-state index in [1.165, 1.54) is 0 Å². The molecular formula is C12H16AlN3O2. The third-order valence-electron chi connectivity index (χ3n) is 2.59. The van der Waals surface area contributed by atoms with Gasteiger partial charge in [0.1, 0.15) is 5.71 Å². The van der Waals surface area contributed by atoms with E-state index in [4.69, 9.17) is 10.9 Å². The zero-order valence-corrected chi connectivity index (χ0v) is 12.5. The standard InChI is InChI=1S/C12H14N3O2.Al.2H/c1-3-4-5-10-8(2)9(7-14-10)6-11(15-17)12(13)16;;;/h4-5,7,14,17H,1,6H2,2H3,(H2,13,16);;;/b5-4-,15-11+;;;. The molecule has 0 saturated carbocycles. The summed E-state index contributed by atoms with van der Waals surface area (Å²) in [5.41, 5.74) is 7.85. The summed E-state index contributed by atoms with van der Waals surface area (Å²) in [5, 5.41) is 11.6. The number of H-pyrrole nitrogens is 1. The van der Waals surface area contributed by atoms with Crippen LogP contribution in [0, 0.1) is 6.92 Å². The molecule has 1 amide bonds. The zero-order valence-electron chi connectivity index (χ0n) is 10.5. The molecule has 4 N–H and O–H groups in total. The minimum atomic E-state index is -0.719. The number of aromatic amines is 1. The number of amides is 1. The highest BCUT2D eigenvalue weighted by atomic mass is 27.0. The van der Waals surface area contributed by atoms with Gasteiger partial charge in [0.25, 0.3) is 22.2 Å². The van der Waals surface area contributed by atoms with Crippen LogP contribution in [0.25, 0.3) is 6.08 Å². The molecule has 5 nitrogen and oxygen atoms in total. The Bertz CT molecular complexity index is 529. The minimum Gasteiger partial charge on any atom is -0.410 e. The van der Waals surface area contributed by atoms with Crippen LogP contribution >= 0.6 is 0 Å². The van der Waals surface area contributed by atoms with Crippen LogP contribution < -0.4 is 5.73 Å². The summed E-state index contributed by atoms with van der Waals surface area (Å²) in [6.45, 7) is 5.77. The molecule has 0 aliphatic carbocycles. The van der Waals surface area contributed by atoms with Crippen molar-refractivity contribution in [3.63, 3.8) is 0 Å². The van der Waals surface area contributed by atoms with Crippen LogP contribution in [0.3, 0.4) is 0 Å². The van der Waals surface area contributed by atoms with Gasteiger partial charge < -0.3 is 15.9 Å². The smallest absolute Gasteiger partial charge is 0.266 e. The summed E-state index contributed by atoms with van der Waals surface area (Å²) in [6.07, 6.45) is 5.88. The van der Waals surface area contributed by atoms with Crippen molar-refractivity contribution in [2.24, 2.45) is 10.9 Å². The largest absolute Gasteiger partial charge is 0.410 e. The normalized spacial score (nSPS) is 11.9. The van der Waals surface area contributed by atoms with E-state index in [0.29, 0.717) is 0 Å². The first-order valence-electron chi connectivity index (χ1n) is 5.47. The number of nitrogens with zero attached hydrogens (tertiary/aromatic N) is 1. The maximum atomic E-state index is 11.0. The molecule has 0 radical (unpaired) electrons. The lowest BCUT2D eigenvalue weighted by atomic mass is 10.1. The third kappa shape index (κ3) is 3.62. The molecule has 0 saturated heterocycles. The molecule has 1 rings (SSSR count). The number of hydrogen-bond acceptors (Lipinski definition) is 3. The number of oxime groups is 1. The van der Waals surface area contributed by atoms with E-state index in [1.54, 1.807) is 6.20 Å². The topological polar surface area (TPSA) is 91.5 Å². The number of carbonyl (C=O) groups is 1. The quantitative estimate of drug-likeness (QED) is 0.234. The Morgan fingerprint density at radius 1 is 1.72 bits per heavy atom. The Morgan fingerprint density at radius 3 is 2.89 bits per heavy atom. The maximum absolute atomic E-state index is 11.0. The van der Waals surface area contributed by atoms with Gasteiger partial charge in [0.05, 0.1) is 0 Å². The minimum absolute atomic E-state index is 0.0556. The van der Waals surface area contributed by atoms with Crippen LogP contribution in [0.15, 0.2) is 28.4 Å². The SMILES string of the molecule is C=[C]([AlH2])/C=C\c1[nH]cc(C/C(=N\O)C(N)=O)c1C. The average Bonchev–Trinajstić information content (AvgIpc) is 2.64. The van der Waals surface area contributed by atoms with Gasteiger partial charge >= 0.3 is 0 Å². The van der Waals surface area contributed by atoms with Crippen LogP contribution in [0.4, 0.5) is 0 Å². The molecule has 0 aliphatic heterocycles. The molecule has 0 fully saturated rings. The lowest BCUT2D eigenvalue weighted by Crippen LogP contribution is -2.25. The van der Waals surface area contributed by atoms with Crippen LogP contribution in [0.5, 0.6) is 0 Å². The first-order chi connectivity index (χ1) is 8.45. The highest BCUT2D eigenvalue weighted by Crippen LogP contribution is 2.15. The van der Waals surface area contributed by atoms with Gasteiger partial charge in [0, 0.05) is 18.3 Å². The number of rotatable bonds is 5. The fourth-order valence-electron chi connectivity index (χ4n) is 1.49. The second kappa shape index (κ2) is 6.24. The number of hydrogen-bond donors (Lipinski definition) is 3. The number of carbonyl (C=O) groups excluding carboxylic acids is 1. The predicted molar refractivity (Wildman–Crippen MR) is 74.4 cm³/mol. The van der Waals surface area contributed by atoms with Crippen molar-refractivity contribution < 1.29 is 10.0 Å². The van der Waals surface area contributed by atoms with E-state index < -0.39 is 5.91 Å². The maximum Gasteiger partial charge on any atom is 0.266 e. The number of aromatic nitrogens is 1. The molecule has 0 bridgehead atoms. The Labute approximate surface area is 113 Å². The van der Waals surface area contributed by atoms with Crippen molar-refractivity contribution in [2.45, 2.75) is 13.3 Å². The van der Waals surface area contributed by atoms with Crippen molar-refractivity contribution in [1.29, 1.82) is 0 Å². The number of primary amides is 1. The highest BCUT2D eigenvalue weighted by Gasteiger charge is 2.12. The second-order valence-corrected chi connectivity index (χ2v) is 5.40. The molecule has 6 heteroatoms. The molecule has 1 aromatic rings. The zero-order chi connectivity index (χ0) is 13.7. The van der Waals surface area contributed by atoms with E-state index >= 15 is 0 Å². The molecule has 1 aromatic heterocycles. The van der Waals surface area contributed by atoms with Gasteiger partial charge in [-0.05, 0) is 24.1 Å². The predicted octanol–water partition coefficient (Wildman–Crippen LogP) is 0.341. The first-order valence-corrected chi connectivity index (χ1v) is 6.47. The Kier molecular flexibility index (Phi) is 4.96. The van der Waals surface area contributed by atoms with E-state index in [0.717, 1.165) is 37.5 Å². The molecule has 1 heterocycles. The van der Waals surface area contributed by atoms with Gasteiger partial charge in [0.2, 0.25) is 0 Å². The van der Waals surface area contributed by atoms with E-state index in [2.05, 4.69) is 16.7 Å². The summed E-state index contributed by atoms with van der Waals surface area (Å²) in [6, 6.07) is 0. The van der Waals surface area contributed by atoms with Gasteiger partial charge in [-0.1, -0.05) is 11.2 Å². The van der Waals surface area contributed by atoms with Gasteiger partial charge in [0.15, 0.2) is 0 Å². The van der Waals surface area contributed by atoms with Crippen molar-refractivity contribution in [3.8, 4) is 0 Å². The summed E-state index contributed by atoms with van der Waals surface area (Å²) in [7, 11) is 0. The van der Waals surface area contributed by atoms with Crippen LogP contribution in [-0.4, -0.2) is 38.1 Å². The molecule has 18 heavy (non-hydrogen) atoms. The van der Waals surface area contributed by atoms with Gasteiger partial charge in [-0.15, -0.1) is 11.0 Å². The molecule has 0 unspecified atom stereocenters. The van der Waals surface area contributed by atoms with Crippen molar-refractivity contribution >= 4 is 34.0 Å². The highest BCUT2D eigenvalue weighted by molar-refractivity contribution is 6.38. The Balaban J connectivity index is 2.94. The van der Waals surface area contributed by atoms with E-state index in [1.807, 2.05) is 19.1 Å². The number of nitrogens with one attached hydrogen (secondary N) is 1. The molecular weight excluding hydrogens is 245 g/mol. The van der Waals surface area contributed by atoms with Crippen LogP contribution in [-0.2, 0) is 11.2 Å². The fraction of sp³-hybridized carbons (Fsp3) is 0.167. The summed E-state index contributed by atoms with van der Waals surface area (Å²) in [5.74, 6) is -0.719. The summed E-state index contributed by atoms with van der Waals surface area (Å²) in [4.78, 5) is 14.1. The van der Waals surface area contributed by atoms with E-state index in [9.17, 15) is 4.79 Å². The first kappa shape index (κ1) is 14.3. The fourth-order valence-corrected chi connectivity index (χ4v) is 1.66. The van der Waals surface area contributed by atoms with Crippen LogP contribution in [0.2, 0.25) is 0 Å². The van der Waals surface area contributed by atoms with E-state index in [-0.39, 0.29) is 12.1 Å². The Morgan fingerprint density at radius 2 is 2.39 bits per heavy atom. The number of nitrogens with two attached hydrogens (primary N) is 1. The molecule has 0 spiro atoms. The summed E-state index contributed by atoms with van der Waals surface area (Å²) < 4.78 is 1.08. The van der Waals surface area contributed by atoms with Crippen molar-refractivity contribution in [3.05, 3.63) is 40.1 Å². The number of allylic oxidation sites excluding steroid dienone is 2. The lowest BCUT2D eigenvalue weighted by Gasteiger charge is -2.00. The molecule has 0 aliphatic rings. The second-order valence-electron chi connectivity index (χ2n) is 4.12. The average molecular weight is 261 g/mol. The van der Waals surface area contributed by atoms with Gasteiger partial charge in [-0.25, -0.2) is 0 Å².